The largest absolute Gasteiger partial charge is 0.379 e. The number of nitro groups is 1. The van der Waals surface area contributed by atoms with Crippen LogP contribution in [0.5, 0.6) is 0 Å². The lowest BCUT2D eigenvalue weighted by molar-refractivity contribution is -0.384. The Kier molecular flexibility index (Phi) is 7.01. The van der Waals surface area contributed by atoms with Gasteiger partial charge in [0, 0.05) is 32.0 Å². The summed E-state index contributed by atoms with van der Waals surface area (Å²) in [5.41, 5.74) is 0.596. The van der Waals surface area contributed by atoms with Crippen LogP contribution in [0.25, 0.3) is 0 Å². The molecule has 0 aliphatic carbocycles. The molecule has 0 aliphatic rings. The summed E-state index contributed by atoms with van der Waals surface area (Å²) in [7, 11) is 1.71. The monoisotopic (exact) mass is 311 g/mol. The van der Waals surface area contributed by atoms with Crippen molar-refractivity contribution in [3.8, 4) is 0 Å². The second kappa shape index (κ2) is 8.51. The number of nitrogens with one attached hydrogen (secondary N) is 1. The molecule has 0 spiro atoms. The number of anilines is 1. The Morgan fingerprint density at radius 1 is 1.48 bits per heavy atom. The third-order valence-electron chi connectivity index (χ3n) is 3.00. The molecule has 116 valence electrons. The van der Waals surface area contributed by atoms with Gasteiger partial charge in [-0.05, 0) is 18.7 Å². The molecule has 1 aromatic carbocycles. The van der Waals surface area contributed by atoms with Crippen molar-refractivity contribution in [1.29, 1.82) is 0 Å². The predicted molar refractivity (Wildman–Crippen MR) is 87.2 cm³/mol. The Hall–Kier alpha value is -1.76. The fourth-order valence-electron chi connectivity index (χ4n) is 1.84. The number of hydrogen-bond donors (Lipinski definition) is 1. The van der Waals surface area contributed by atoms with Crippen LogP contribution in [0.3, 0.4) is 0 Å². The van der Waals surface area contributed by atoms with E-state index in [4.69, 9.17) is 0 Å². The summed E-state index contributed by atoms with van der Waals surface area (Å²) in [4.78, 5) is 24.7. The summed E-state index contributed by atoms with van der Waals surface area (Å²) in [5, 5.41) is 14.1. The zero-order valence-electron chi connectivity index (χ0n) is 12.6. The number of carbonyl (C=O) groups is 1. The van der Waals surface area contributed by atoms with Crippen LogP contribution in [0.4, 0.5) is 11.4 Å². The molecule has 1 N–H and O–H groups in total. The molecule has 1 aromatic rings. The molecule has 0 atom stereocenters. The topological polar surface area (TPSA) is 75.5 Å². The minimum Gasteiger partial charge on any atom is -0.379 e. The van der Waals surface area contributed by atoms with Crippen molar-refractivity contribution in [1.82, 2.24) is 4.90 Å². The van der Waals surface area contributed by atoms with Crippen molar-refractivity contribution in [2.45, 2.75) is 13.3 Å². The zero-order chi connectivity index (χ0) is 15.8. The summed E-state index contributed by atoms with van der Waals surface area (Å²) in [6, 6.07) is 4.59. The van der Waals surface area contributed by atoms with Crippen LogP contribution in [0, 0.1) is 10.1 Å². The van der Waals surface area contributed by atoms with E-state index in [2.05, 4.69) is 5.32 Å². The highest BCUT2D eigenvalue weighted by Crippen LogP contribution is 2.29. The van der Waals surface area contributed by atoms with E-state index in [-0.39, 0.29) is 11.6 Å². The second-order valence-corrected chi connectivity index (χ2v) is 5.59. The molecule has 0 saturated heterocycles. The van der Waals surface area contributed by atoms with Gasteiger partial charge in [0.1, 0.15) is 5.69 Å². The smallest absolute Gasteiger partial charge is 0.293 e. The molecule has 21 heavy (non-hydrogen) atoms. The van der Waals surface area contributed by atoms with E-state index in [9.17, 15) is 14.9 Å². The first-order chi connectivity index (χ1) is 10.0. The van der Waals surface area contributed by atoms with Crippen molar-refractivity contribution in [3.05, 3.63) is 33.9 Å². The average molecular weight is 311 g/mol. The molecule has 0 aliphatic heterocycles. The lowest BCUT2D eigenvalue weighted by Crippen LogP contribution is -2.29. The Morgan fingerprint density at radius 3 is 2.76 bits per heavy atom. The van der Waals surface area contributed by atoms with Gasteiger partial charge < -0.3 is 10.2 Å². The molecule has 0 aromatic heterocycles. The van der Waals surface area contributed by atoms with Gasteiger partial charge in [-0.2, -0.15) is 11.8 Å². The van der Waals surface area contributed by atoms with Crippen molar-refractivity contribution >= 4 is 29.0 Å². The number of carbonyl (C=O) groups excluding carboxylic acids is 1. The first-order valence-electron chi connectivity index (χ1n) is 6.78. The highest BCUT2D eigenvalue weighted by atomic mass is 32.2. The van der Waals surface area contributed by atoms with E-state index in [0.29, 0.717) is 24.3 Å². The van der Waals surface area contributed by atoms with Crippen LogP contribution < -0.4 is 5.32 Å². The molecule has 6 nitrogen and oxygen atoms in total. The standard InChI is InChI=1S/C14H21N3O3S/c1-4-8-15-13-11(6-5-7-12(13)17(19)20)14(18)16(2)9-10-21-3/h5-7,15H,4,8-10H2,1-3H3. The van der Waals surface area contributed by atoms with Crippen molar-refractivity contribution in [2.24, 2.45) is 0 Å². The maximum absolute atomic E-state index is 12.5. The third kappa shape index (κ3) is 4.63. The maximum Gasteiger partial charge on any atom is 0.293 e. The first kappa shape index (κ1) is 17.3. The van der Waals surface area contributed by atoms with Crippen molar-refractivity contribution in [2.75, 3.05) is 37.5 Å². The number of amides is 1. The third-order valence-corrected chi connectivity index (χ3v) is 3.59. The van der Waals surface area contributed by atoms with Crippen LogP contribution >= 0.6 is 11.8 Å². The zero-order valence-corrected chi connectivity index (χ0v) is 13.4. The van der Waals surface area contributed by atoms with Crippen molar-refractivity contribution < 1.29 is 9.72 Å². The van der Waals surface area contributed by atoms with Gasteiger partial charge in [0.25, 0.3) is 11.6 Å². The molecule has 1 rings (SSSR count). The molecule has 7 heteroatoms. The summed E-state index contributed by atoms with van der Waals surface area (Å²) in [6.45, 7) is 3.16. The number of benzene rings is 1. The number of rotatable bonds is 8. The number of thioether (sulfide) groups is 1. The lowest BCUT2D eigenvalue weighted by atomic mass is 10.1. The number of nitrogens with zero attached hydrogens (tertiary/aromatic N) is 2. The van der Waals surface area contributed by atoms with Crippen molar-refractivity contribution in [3.63, 3.8) is 0 Å². The normalized spacial score (nSPS) is 10.2. The van der Waals surface area contributed by atoms with Gasteiger partial charge in [0.15, 0.2) is 0 Å². The Bertz CT molecular complexity index is 508. The van der Waals surface area contributed by atoms with Gasteiger partial charge in [-0.25, -0.2) is 0 Å². The van der Waals surface area contributed by atoms with Gasteiger partial charge in [-0.3, -0.25) is 14.9 Å². The fourth-order valence-corrected chi connectivity index (χ4v) is 2.30. The summed E-state index contributed by atoms with van der Waals surface area (Å²) in [6.07, 6.45) is 2.79. The van der Waals surface area contributed by atoms with E-state index in [0.717, 1.165) is 12.2 Å². The Balaban J connectivity index is 3.12. The molecule has 0 unspecified atom stereocenters. The molecule has 1 amide bonds. The fraction of sp³-hybridized carbons (Fsp3) is 0.500. The van der Waals surface area contributed by atoms with Crippen LogP contribution in [0.2, 0.25) is 0 Å². The summed E-state index contributed by atoms with van der Waals surface area (Å²) >= 11 is 1.65. The van der Waals surface area contributed by atoms with E-state index < -0.39 is 4.92 Å². The van der Waals surface area contributed by atoms with E-state index in [1.807, 2.05) is 13.2 Å². The van der Waals surface area contributed by atoms with E-state index in [1.165, 1.54) is 6.07 Å². The number of nitro benzene ring substituents is 1. The minimum atomic E-state index is -0.462. The maximum atomic E-state index is 12.5. The minimum absolute atomic E-state index is 0.0624. The number of hydrogen-bond acceptors (Lipinski definition) is 5. The predicted octanol–water partition coefficient (Wildman–Crippen LogP) is 2.85. The molecule has 0 heterocycles. The van der Waals surface area contributed by atoms with Gasteiger partial charge >= 0.3 is 0 Å². The molecule has 0 fully saturated rings. The average Bonchev–Trinajstić information content (AvgIpc) is 2.49. The van der Waals surface area contributed by atoms with Gasteiger partial charge in [-0.15, -0.1) is 0 Å². The Morgan fingerprint density at radius 2 is 2.19 bits per heavy atom. The van der Waals surface area contributed by atoms with Gasteiger partial charge in [0.05, 0.1) is 10.5 Å². The molecular formula is C14H21N3O3S. The van der Waals surface area contributed by atoms with Gasteiger partial charge in [0.2, 0.25) is 0 Å². The van der Waals surface area contributed by atoms with Crippen LogP contribution in [0.15, 0.2) is 18.2 Å². The van der Waals surface area contributed by atoms with Gasteiger partial charge in [-0.1, -0.05) is 13.0 Å². The van der Waals surface area contributed by atoms with E-state index >= 15 is 0 Å². The summed E-state index contributed by atoms with van der Waals surface area (Å²) in [5.74, 6) is 0.626. The quantitative estimate of drug-likeness (QED) is 0.590. The van der Waals surface area contributed by atoms with Crippen LogP contribution in [-0.2, 0) is 0 Å². The van der Waals surface area contributed by atoms with E-state index in [1.54, 1.807) is 35.8 Å². The highest BCUT2D eigenvalue weighted by Gasteiger charge is 2.23. The van der Waals surface area contributed by atoms with Crippen LogP contribution in [0.1, 0.15) is 23.7 Å². The highest BCUT2D eigenvalue weighted by molar-refractivity contribution is 7.98. The van der Waals surface area contributed by atoms with Crippen LogP contribution in [-0.4, -0.2) is 47.9 Å². The molecular weight excluding hydrogens is 290 g/mol. The molecule has 0 radical (unpaired) electrons. The summed E-state index contributed by atoms with van der Waals surface area (Å²) < 4.78 is 0. The lowest BCUT2D eigenvalue weighted by Gasteiger charge is -2.19. The molecule has 0 bridgehead atoms. The second-order valence-electron chi connectivity index (χ2n) is 4.60. The molecule has 0 saturated carbocycles. The number of para-hydroxylation sites is 1. The first-order valence-corrected chi connectivity index (χ1v) is 8.18. The Labute approximate surface area is 129 Å². The SMILES string of the molecule is CCCNc1c(C(=O)N(C)CCSC)cccc1[N+](=O)[O-].